The second-order valence-corrected chi connectivity index (χ2v) is 2.73. The van der Waals surface area contributed by atoms with E-state index in [9.17, 15) is 10.1 Å². The molecule has 0 unspecified atom stereocenters. The number of nitro groups is 1. The zero-order chi connectivity index (χ0) is 10.4. The predicted molar refractivity (Wildman–Crippen MR) is 53.2 cm³/mol. The molecule has 4 nitrogen and oxygen atoms in total. The van der Waals surface area contributed by atoms with E-state index in [-0.39, 0.29) is 0 Å². The van der Waals surface area contributed by atoms with Gasteiger partial charge in [-0.3, -0.25) is 10.1 Å². The van der Waals surface area contributed by atoms with Gasteiger partial charge >= 0.3 is 0 Å². The van der Waals surface area contributed by atoms with E-state index < -0.39 is 4.92 Å². The molecule has 0 atom stereocenters. The van der Waals surface area contributed by atoms with Crippen molar-refractivity contribution in [3.05, 3.63) is 51.7 Å². The minimum Gasteiger partial charge on any atom is -0.380 e. The maximum absolute atomic E-state index is 10.1. The van der Waals surface area contributed by atoms with Crippen LogP contribution >= 0.6 is 0 Å². The van der Waals surface area contributed by atoms with Gasteiger partial charge in [0.15, 0.2) is 0 Å². The van der Waals surface area contributed by atoms with Crippen molar-refractivity contribution in [2.24, 2.45) is 0 Å². The van der Waals surface area contributed by atoms with E-state index in [2.05, 4.69) is 0 Å². The standard InChI is InChI=1S/C10H11NO3/c1-14-8-10-5-3-2-4-9(10)6-7-11(12)13/h2-7H,8H2,1H3. The molecule has 14 heavy (non-hydrogen) atoms. The monoisotopic (exact) mass is 193 g/mol. The Kier molecular flexibility index (Phi) is 3.82. The van der Waals surface area contributed by atoms with E-state index >= 15 is 0 Å². The van der Waals surface area contributed by atoms with Gasteiger partial charge in [0.1, 0.15) is 0 Å². The van der Waals surface area contributed by atoms with Crippen molar-refractivity contribution in [1.82, 2.24) is 0 Å². The lowest BCUT2D eigenvalue weighted by Crippen LogP contribution is -1.91. The van der Waals surface area contributed by atoms with Gasteiger partial charge in [0.05, 0.1) is 11.5 Å². The molecule has 0 bridgehead atoms. The zero-order valence-corrected chi connectivity index (χ0v) is 7.84. The van der Waals surface area contributed by atoms with Crippen LogP contribution in [0.3, 0.4) is 0 Å². The molecule has 0 radical (unpaired) electrons. The van der Waals surface area contributed by atoms with Crippen LogP contribution in [0.5, 0.6) is 0 Å². The predicted octanol–water partition coefficient (Wildman–Crippen LogP) is 2.08. The number of hydrogen-bond donors (Lipinski definition) is 0. The topological polar surface area (TPSA) is 52.4 Å². The first-order valence-electron chi connectivity index (χ1n) is 4.12. The smallest absolute Gasteiger partial charge is 0.235 e. The van der Waals surface area contributed by atoms with E-state index in [4.69, 9.17) is 4.74 Å². The lowest BCUT2D eigenvalue weighted by atomic mass is 10.1. The lowest BCUT2D eigenvalue weighted by Gasteiger charge is -2.02. The number of nitrogens with zero attached hydrogens (tertiary/aromatic N) is 1. The van der Waals surface area contributed by atoms with Crippen LogP contribution in [-0.4, -0.2) is 12.0 Å². The summed E-state index contributed by atoms with van der Waals surface area (Å²) in [6.45, 7) is 0.457. The first-order chi connectivity index (χ1) is 6.74. The van der Waals surface area contributed by atoms with Crippen molar-refractivity contribution >= 4 is 6.08 Å². The molecule has 1 aromatic rings. The molecule has 0 aromatic heterocycles. The second kappa shape index (κ2) is 5.14. The molecule has 1 aromatic carbocycles. The summed E-state index contributed by atoms with van der Waals surface area (Å²) in [5.41, 5.74) is 1.75. The quantitative estimate of drug-likeness (QED) is 0.543. The molecule has 0 saturated carbocycles. The molecule has 0 saturated heterocycles. The molecular formula is C10H11NO3. The molecule has 0 N–H and O–H groups in total. The first-order valence-corrected chi connectivity index (χ1v) is 4.12. The van der Waals surface area contributed by atoms with Crippen LogP contribution in [0.1, 0.15) is 11.1 Å². The Bertz CT molecular complexity index is 347. The Hall–Kier alpha value is -1.68. The Morgan fingerprint density at radius 3 is 2.86 bits per heavy atom. The van der Waals surface area contributed by atoms with Gasteiger partial charge in [-0.2, -0.15) is 0 Å². The second-order valence-electron chi connectivity index (χ2n) is 2.73. The maximum atomic E-state index is 10.1. The summed E-state index contributed by atoms with van der Waals surface area (Å²) in [6, 6.07) is 7.40. The summed E-state index contributed by atoms with van der Waals surface area (Å²) < 4.78 is 4.97. The van der Waals surface area contributed by atoms with Crippen molar-refractivity contribution in [2.45, 2.75) is 6.61 Å². The van der Waals surface area contributed by atoms with E-state index in [0.717, 1.165) is 17.3 Å². The average Bonchev–Trinajstić information content (AvgIpc) is 2.17. The highest BCUT2D eigenvalue weighted by molar-refractivity contribution is 5.52. The highest BCUT2D eigenvalue weighted by Gasteiger charge is 1.98. The highest BCUT2D eigenvalue weighted by Crippen LogP contribution is 2.11. The van der Waals surface area contributed by atoms with E-state index in [1.165, 1.54) is 6.08 Å². The molecule has 74 valence electrons. The fourth-order valence-corrected chi connectivity index (χ4v) is 1.12. The Morgan fingerprint density at radius 2 is 2.21 bits per heavy atom. The minimum atomic E-state index is -0.483. The van der Waals surface area contributed by atoms with Gasteiger partial charge in [-0.1, -0.05) is 24.3 Å². The molecule has 0 aliphatic rings. The first kappa shape index (κ1) is 10.4. The van der Waals surface area contributed by atoms with E-state index in [1.54, 1.807) is 7.11 Å². The molecule has 4 heteroatoms. The Balaban J connectivity index is 2.89. The van der Waals surface area contributed by atoms with Crippen LogP contribution in [0.15, 0.2) is 30.5 Å². The zero-order valence-electron chi connectivity index (χ0n) is 7.84. The van der Waals surface area contributed by atoms with Gasteiger partial charge < -0.3 is 4.74 Å². The van der Waals surface area contributed by atoms with Gasteiger partial charge in [0.25, 0.3) is 0 Å². The largest absolute Gasteiger partial charge is 0.380 e. The van der Waals surface area contributed by atoms with Crippen molar-refractivity contribution in [3.63, 3.8) is 0 Å². The van der Waals surface area contributed by atoms with E-state index in [1.807, 2.05) is 24.3 Å². The molecule has 0 aliphatic carbocycles. The summed E-state index contributed by atoms with van der Waals surface area (Å²) in [6.07, 6.45) is 2.39. The SMILES string of the molecule is COCc1ccccc1C=C[N+](=O)[O-]. The average molecular weight is 193 g/mol. The molecule has 0 fully saturated rings. The van der Waals surface area contributed by atoms with Gasteiger partial charge in [-0.25, -0.2) is 0 Å². The maximum Gasteiger partial charge on any atom is 0.235 e. The number of methoxy groups -OCH3 is 1. The van der Waals surface area contributed by atoms with Crippen molar-refractivity contribution in [2.75, 3.05) is 7.11 Å². The minimum absolute atomic E-state index is 0.457. The van der Waals surface area contributed by atoms with Gasteiger partial charge in [-0.15, -0.1) is 0 Å². The summed E-state index contributed by atoms with van der Waals surface area (Å²) in [7, 11) is 1.59. The fourth-order valence-electron chi connectivity index (χ4n) is 1.12. The molecule has 0 amide bonds. The van der Waals surface area contributed by atoms with Crippen LogP contribution in [-0.2, 0) is 11.3 Å². The third kappa shape index (κ3) is 2.99. The van der Waals surface area contributed by atoms with Gasteiger partial charge in [0, 0.05) is 13.2 Å². The van der Waals surface area contributed by atoms with Gasteiger partial charge in [0.2, 0.25) is 6.20 Å². The van der Waals surface area contributed by atoms with E-state index in [0.29, 0.717) is 6.61 Å². The molecule has 0 spiro atoms. The van der Waals surface area contributed by atoms with Crippen LogP contribution in [0.4, 0.5) is 0 Å². The van der Waals surface area contributed by atoms with Crippen LogP contribution in [0, 0.1) is 10.1 Å². The summed E-state index contributed by atoms with van der Waals surface area (Å²) >= 11 is 0. The number of benzene rings is 1. The summed E-state index contributed by atoms with van der Waals surface area (Å²) in [5, 5.41) is 10.1. The summed E-state index contributed by atoms with van der Waals surface area (Å²) in [5.74, 6) is 0. The number of ether oxygens (including phenoxy) is 1. The Labute approximate surface area is 82.0 Å². The van der Waals surface area contributed by atoms with Crippen LogP contribution < -0.4 is 0 Å². The normalized spacial score (nSPS) is 10.6. The van der Waals surface area contributed by atoms with Crippen molar-refractivity contribution < 1.29 is 9.66 Å². The highest BCUT2D eigenvalue weighted by atomic mass is 16.6. The third-order valence-corrected chi connectivity index (χ3v) is 1.73. The third-order valence-electron chi connectivity index (χ3n) is 1.73. The van der Waals surface area contributed by atoms with Crippen molar-refractivity contribution in [3.8, 4) is 0 Å². The van der Waals surface area contributed by atoms with Crippen LogP contribution in [0.2, 0.25) is 0 Å². The number of rotatable bonds is 4. The molecule has 0 heterocycles. The molecule has 1 rings (SSSR count). The number of hydrogen-bond acceptors (Lipinski definition) is 3. The Morgan fingerprint density at radius 1 is 1.50 bits per heavy atom. The molecule has 0 aliphatic heterocycles. The van der Waals surface area contributed by atoms with Crippen LogP contribution in [0.25, 0.3) is 6.08 Å². The molecular weight excluding hydrogens is 182 g/mol. The lowest BCUT2D eigenvalue weighted by molar-refractivity contribution is -0.400. The van der Waals surface area contributed by atoms with Crippen molar-refractivity contribution in [1.29, 1.82) is 0 Å². The van der Waals surface area contributed by atoms with Gasteiger partial charge in [-0.05, 0) is 11.1 Å². The fraction of sp³-hybridized carbons (Fsp3) is 0.200. The summed E-state index contributed by atoms with van der Waals surface area (Å²) in [4.78, 5) is 9.65.